The van der Waals surface area contributed by atoms with E-state index in [9.17, 15) is 0 Å². The monoisotopic (exact) mass is 418 g/mol. The van der Waals surface area contributed by atoms with Gasteiger partial charge in [-0.15, -0.1) is 0 Å². The summed E-state index contributed by atoms with van der Waals surface area (Å²) in [4.78, 5) is 0. The minimum atomic E-state index is -2.06. The maximum Gasteiger partial charge on any atom is 0.187 e. The highest BCUT2D eigenvalue weighted by molar-refractivity contribution is 7.30. The van der Waals surface area contributed by atoms with E-state index in [4.69, 9.17) is 22.2 Å². The number of rotatable bonds is 6. The van der Waals surface area contributed by atoms with Crippen molar-refractivity contribution in [3.63, 3.8) is 0 Å². The lowest BCUT2D eigenvalue weighted by Crippen LogP contribution is -2.46. The molecule has 0 atom stereocenters. The molecule has 4 heteroatoms. The molecule has 3 aromatic carbocycles. The third-order valence-electron chi connectivity index (χ3n) is 6.07. The van der Waals surface area contributed by atoms with Crippen LogP contribution in [-0.4, -0.2) is 14.8 Å². The van der Waals surface area contributed by atoms with Crippen LogP contribution in [0.25, 0.3) is 21.5 Å². The first-order valence-corrected chi connectivity index (χ1v) is 16.6. The van der Waals surface area contributed by atoms with Gasteiger partial charge >= 0.3 is 0 Å². The van der Waals surface area contributed by atoms with E-state index in [0.29, 0.717) is 0 Å². The van der Waals surface area contributed by atoms with E-state index in [0.717, 1.165) is 24.2 Å². The van der Waals surface area contributed by atoms with Crippen molar-refractivity contribution < 1.29 is 0 Å². The predicted octanol–water partition coefficient (Wildman–Crippen LogP) is 6.86. The van der Waals surface area contributed by atoms with Gasteiger partial charge in [-0.25, -0.2) is 0 Å². The predicted molar refractivity (Wildman–Crippen MR) is 126 cm³/mol. The van der Waals surface area contributed by atoms with Crippen molar-refractivity contribution in [2.24, 2.45) is 0 Å². The average Bonchev–Trinajstić information content (AvgIpc) is 2.70. The highest BCUT2D eigenvalue weighted by Gasteiger charge is 2.37. The molecular weight excluding hydrogens is 391 g/mol. The largest absolute Gasteiger partial charge is 0.187 e. The second-order valence-corrected chi connectivity index (χ2v) is 19.2. The molecule has 0 fully saturated rings. The molecule has 0 heterocycles. The lowest BCUT2D eigenvalue weighted by molar-refractivity contribution is 1.31. The van der Waals surface area contributed by atoms with Crippen LogP contribution in [0.2, 0.25) is 24.2 Å². The van der Waals surface area contributed by atoms with Gasteiger partial charge < -0.3 is 0 Å². The molecule has 0 unspecified atom stereocenters. The Morgan fingerprint density at radius 3 is 0.962 bits per heavy atom. The van der Waals surface area contributed by atoms with E-state index in [1.807, 2.05) is 0 Å². The van der Waals surface area contributed by atoms with E-state index in [2.05, 4.69) is 76.2 Å². The number of hydrogen-bond acceptors (Lipinski definition) is 0. The van der Waals surface area contributed by atoms with Crippen LogP contribution in [0.3, 0.4) is 0 Å². The zero-order valence-corrected chi connectivity index (χ0v) is 19.7. The Balaban J connectivity index is 2.60. The summed E-state index contributed by atoms with van der Waals surface area (Å²) in [6.45, 7) is 9.00. The molecule has 0 amide bonds. The molecule has 0 saturated heterocycles. The first kappa shape index (κ1) is 19.9. The summed E-state index contributed by atoms with van der Waals surface area (Å²) in [5, 5.41) is 8.19. The average molecular weight is 420 g/mol. The van der Waals surface area contributed by atoms with Crippen molar-refractivity contribution in [1.29, 1.82) is 0 Å². The third-order valence-corrected chi connectivity index (χ3v) is 17.8. The Labute approximate surface area is 168 Å². The van der Waals surface area contributed by atoms with Crippen LogP contribution in [0.4, 0.5) is 0 Å². The first-order chi connectivity index (χ1) is 12.5. The lowest BCUT2D eigenvalue weighted by atomic mass is 10.0. The molecule has 0 bridgehead atoms. The van der Waals surface area contributed by atoms with Gasteiger partial charge in [0.25, 0.3) is 0 Å². The Bertz CT molecular complexity index is 795. The fourth-order valence-corrected chi connectivity index (χ4v) is 10.7. The van der Waals surface area contributed by atoms with Gasteiger partial charge in [-0.1, -0.05) is 76.2 Å². The topological polar surface area (TPSA) is 0 Å². The summed E-state index contributed by atoms with van der Waals surface area (Å²) in [6.07, 6.45) is 0. The fraction of sp³-hybridized carbons (Fsp3) is 0.364. The molecule has 0 saturated carbocycles. The van der Waals surface area contributed by atoms with Crippen molar-refractivity contribution in [3.8, 4) is 0 Å². The van der Waals surface area contributed by atoms with E-state index in [1.54, 1.807) is 0 Å². The van der Waals surface area contributed by atoms with Crippen molar-refractivity contribution in [2.75, 3.05) is 0 Å². The molecule has 138 valence electrons. The van der Waals surface area contributed by atoms with Gasteiger partial charge in [0.05, 0.1) is 0 Å². The van der Waals surface area contributed by atoms with Crippen molar-refractivity contribution >= 4 is 68.8 Å². The smallest absolute Gasteiger partial charge is 0.161 e. The SMILES string of the molecule is CC[Si](Cl)(CC)c1c2ccccc2c([Si](Cl)(CC)CC)c2ccccc12. The van der Waals surface area contributed by atoms with Crippen molar-refractivity contribution in [2.45, 2.75) is 51.9 Å². The Morgan fingerprint density at radius 1 is 0.538 bits per heavy atom. The van der Waals surface area contributed by atoms with Gasteiger partial charge in [0.1, 0.15) is 0 Å². The molecule has 0 N–H and O–H groups in total. The molecule has 0 aliphatic carbocycles. The van der Waals surface area contributed by atoms with Crippen molar-refractivity contribution in [1.82, 2.24) is 0 Å². The standard InChI is InChI=1S/C22H28Cl2Si2/c1-5-25(23,6-2)21-17-13-9-11-15-19(17)22(26(24,7-3)8-4)20-16-12-10-14-18(20)21/h9-16H,5-8H2,1-4H3. The highest BCUT2D eigenvalue weighted by atomic mass is 35.6. The summed E-state index contributed by atoms with van der Waals surface area (Å²) in [6, 6.07) is 21.9. The van der Waals surface area contributed by atoms with Crippen LogP contribution in [0.1, 0.15) is 27.7 Å². The number of hydrogen-bond donors (Lipinski definition) is 0. The minimum Gasteiger partial charge on any atom is -0.161 e. The second kappa shape index (κ2) is 7.67. The summed E-state index contributed by atoms with van der Waals surface area (Å²) < 4.78 is 0. The van der Waals surface area contributed by atoms with Crippen molar-refractivity contribution in [3.05, 3.63) is 48.5 Å². The fourth-order valence-electron chi connectivity index (χ4n) is 4.30. The molecular formula is C22H28Cl2Si2. The second-order valence-electron chi connectivity index (χ2n) is 7.19. The minimum absolute atomic E-state index is 1.05. The number of benzene rings is 3. The maximum absolute atomic E-state index is 7.34. The highest BCUT2D eigenvalue weighted by Crippen LogP contribution is 2.33. The molecule has 3 rings (SSSR count). The first-order valence-electron chi connectivity index (χ1n) is 9.78. The number of halogens is 2. The molecule has 26 heavy (non-hydrogen) atoms. The summed E-state index contributed by atoms with van der Waals surface area (Å²) >= 11 is 14.7. The van der Waals surface area contributed by atoms with Gasteiger partial charge in [0.2, 0.25) is 0 Å². The zero-order valence-electron chi connectivity index (χ0n) is 16.2. The van der Waals surface area contributed by atoms with Crippen LogP contribution in [0, 0.1) is 0 Å². The van der Waals surface area contributed by atoms with Gasteiger partial charge in [-0.05, 0) is 56.1 Å². The van der Waals surface area contributed by atoms with E-state index < -0.39 is 14.8 Å². The Hall–Kier alpha value is -0.806. The van der Waals surface area contributed by atoms with E-state index in [-0.39, 0.29) is 0 Å². The molecule has 0 aliphatic rings. The molecule has 0 spiro atoms. The Morgan fingerprint density at radius 2 is 0.769 bits per heavy atom. The normalized spacial score (nSPS) is 12.8. The van der Waals surface area contributed by atoms with E-state index in [1.165, 1.54) is 31.9 Å². The summed E-state index contributed by atoms with van der Waals surface area (Å²) in [5.74, 6) is 0. The van der Waals surface area contributed by atoms with Crippen LogP contribution in [-0.2, 0) is 0 Å². The Kier molecular flexibility index (Phi) is 5.88. The van der Waals surface area contributed by atoms with Gasteiger partial charge in [-0.3, -0.25) is 0 Å². The third kappa shape index (κ3) is 3.05. The van der Waals surface area contributed by atoms with Gasteiger partial charge in [-0.2, -0.15) is 22.2 Å². The van der Waals surface area contributed by atoms with E-state index >= 15 is 0 Å². The van der Waals surface area contributed by atoms with Crippen LogP contribution in [0.15, 0.2) is 48.5 Å². The zero-order chi connectivity index (χ0) is 18.9. The molecule has 0 radical (unpaired) electrons. The summed E-state index contributed by atoms with van der Waals surface area (Å²) in [7, 11) is -4.12. The van der Waals surface area contributed by atoms with Gasteiger partial charge in [0, 0.05) is 0 Å². The van der Waals surface area contributed by atoms with Crippen LogP contribution in [0.5, 0.6) is 0 Å². The van der Waals surface area contributed by atoms with Crippen LogP contribution >= 0.6 is 22.2 Å². The maximum atomic E-state index is 7.34. The van der Waals surface area contributed by atoms with Gasteiger partial charge in [0.15, 0.2) is 14.8 Å². The molecule has 3 aromatic rings. The number of fused-ring (bicyclic) bond motifs is 2. The molecule has 0 nitrogen and oxygen atoms in total. The summed E-state index contributed by atoms with van der Waals surface area (Å²) in [5.41, 5.74) is 0. The quantitative estimate of drug-likeness (QED) is 0.233. The lowest BCUT2D eigenvalue weighted by Gasteiger charge is -2.31. The molecule has 0 aromatic heterocycles. The van der Waals surface area contributed by atoms with Crippen LogP contribution < -0.4 is 10.4 Å². The molecule has 0 aliphatic heterocycles.